The SMILES string of the molecule is CCCCCCCCCCCCOP(=O)(O)CCCSCC(N)C(=O)O. The fourth-order valence-corrected chi connectivity index (χ4v) is 4.74. The van der Waals surface area contributed by atoms with Crippen LogP contribution < -0.4 is 5.73 Å². The van der Waals surface area contributed by atoms with Crippen LogP contribution in [0.1, 0.15) is 77.6 Å². The summed E-state index contributed by atoms with van der Waals surface area (Å²) in [6.07, 6.45) is 12.8. The summed E-state index contributed by atoms with van der Waals surface area (Å²) in [7, 11) is -3.51. The van der Waals surface area contributed by atoms with Crippen molar-refractivity contribution in [2.45, 2.75) is 83.6 Å². The molecule has 26 heavy (non-hydrogen) atoms. The summed E-state index contributed by atoms with van der Waals surface area (Å²) in [5.74, 6) is -0.109. The molecule has 156 valence electrons. The summed E-state index contributed by atoms with van der Waals surface area (Å²) in [5, 5.41) is 8.66. The number of rotatable bonds is 19. The van der Waals surface area contributed by atoms with Gasteiger partial charge >= 0.3 is 13.6 Å². The highest BCUT2D eigenvalue weighted by molar-refractivity contribution is 7.99. The highest BCUT2D eigenvalue weighted by Crippen LogP contribution is 2.42. The van der Waals surface area contributed by atoms with Crippen LogP contribution in [0.2, 0.25) is 0 Å². The maximum Gasteiger partial charge on any atom is 0.328 e. The number of hydrogen-bond donors (Lipinski definition) is 3. The Hall–Kier alpha value is -0.0700. The van der Waals surface area contributed by atoms with Crippen molar-refractivity contribution in [3.8, 4) is 0 Å². The lowest BCUT2D eigenvalue weighted by Crippen LogP contribution is -2.32. The molecule has 0 heterocycles. The Labute approximate surface area is 163 Å². The standard InChI is InChI=1S/C18H38NO5PS/c1-2-3-4-5-6-7-8-9-10-11-13-24-25(22,23)14-12-15-26-16-17(19)18(20)21/h17H,2-16,19H2,1H3,(H,20,21)(H,22,23). The average molecular weight is 412 g/mol. The molecular weight excluding hydrogens is 373 g/mol. The van der Waals surface area contributed by atoms with E-state index in [1.54, 1.807) is 0 Å². The lowest BCUT2D eigenvalue weighted by atomic mass is 10.1. The predicted molar refractivity (Wildman–Crippen MR) is 110 cm³/mol. The fourth-order valence-electron chi connectivity index (χ4n) is 2.51. The molecule has 2 atom stereocenters. The van der Waals surface area contributed by atoms with E-state index in [-0.39, 0.29) is 6.16 Å². The number of unbranched alkanes of at least 4 members (excludes halogenated alkanes) is 9. The zero-order valence-corrected chi connectivity index (χ0v) is 17.9. The Balaban J connectivity index is 3.44. The minimum Gasteiger partial charge on any atom is -0.480 e. The Morgan fingerprint density at radius 3 is 2.12 bits per heavy atom. The van der Waals surface area contributed by atoms with Gasteiger partial charge in [0.15, 0.2) is 0 Å². The molecule has 0 aromatic heterocycles. The normalized spacial score (nSPS) is 14.9. The van der Waals surface area contributed by atoms with Gasteiger partial charge in [0.25, 0.3) is 0 Å². The first-order chi connectivity index (χ1) is 12.4. The van der Waals surface area contributed by atoms with Gasteiger partial charge in [0, 0.05) is 5.75 Å². The van der Waals surface area contributed by atoms with E-state index in [1.807, 2.05) is 0 Å². The van der Waals surface area contributed by atoms with Crippen LogP contribution in [-0.4, -0.2) is 46.3 Å². The number of carboxylic acid groups (broad SMARTS) is 1. The maximum absolute atomic E-state index is 11.9. The summed E-state index contributed by atoms with van der Waals surface area (Å²) >= 11 is 1.38. The second kappa shape index (κ2) is 17.1. The lowest BCUT2D eigenvalue weighted by Gasteiger charge is -2.12. The minimum atomic E-state index is -3.51. The molecule has 8 heteroatoms. The highest BCUT2D eigenvalue weighted by atomic mass is 32.2. The van der Waals surface area contributed by atoms with E-state index in [1.165, 1.54) is 56.7 Å². The maximum atomic E-state index is 11.9. The second-order valence-electron chi connectivity index (χ2n) is 6.75. The van der Waals surface area contributed by atoms with Gasteiger partial charge in [0.2, 0.25) is 0 Å². The van der Waals surface area contributed by atoms with E-state index in [2.05, 4.69) is 6.92 Å². The molecule has 0 rings (SSSR count). The largest absolute Gasteiger partial charge is 0.480 e. The van der Waals surface area contributed by atoms with Gasteiger partial charge in [-0.3, -0.25) is 9.36 Å². The van der Waals surface area contributed by atoms with Crippen LogP contribution in [0.15, 0.2) is 0 Å². The average Bonchev–Trinajstić information content (AvgIpc) is 2.59. The molecule has 0 spiro atoms. The van der Waals surface area contributed by atoms with Crippen molar-refractivity contribution in [2.75, 3.05) is 24.3 Å². The molecule has 0 aliphatic rings. The van der Waals surface area contributed by atoms with Gasteiger partial charge in [-0.1, -0.05) is 64.7 Å². The monoisotopic (exact) mass is 411 g/mol. The van der Waals surface area contributed by atoms with Gasteiger partial charge in [0.05, 0.1) is 12.8 Å². The van der Waals surface area contributed by atoms with E-state index >= 15 is 0 Å². The summed E-state index contributed by atoms with van der Waals surface area (Å²) in [4.78, 5) is 20.3. The Bertz CT molecular complexity index is 398. The van der Waals surface area contributed by atoms with Crippen molar-refractivity contribution in [3.63, 3.8) is 0 Å². The van der Waals surface area contributed by atoms with Gasteiger partial charge < -0.3 is 20.3 Å². The molecule has 0 aromatic carbocycles. The van der Waals surface area contributed by atoms with Crippen molar-refractivity contribution in [1.29, 1.82) is 0 Å². The molecule has 0 saturated heterocycles. The van der Waals surface area contributed by atoms with Crippen molar-refractivity contribution in [2.24, 2.45) is 5.73 Å². The first kappa shape index (κ1) is 25.9. The molecule has 0 bridgehead atoms. The Morgan fingerprint density at radius 2 is 1.58 bits per heavy atom. The van der Waals surface area contributed by atoms with Crippen LogP contribution in [0.25, 0.3) is 0 Å². The zero-order chi connectivity index (χ0) is 19.7. The first-order valence-corrected chi connectivity index (χ1v) is 12.8. The minimum absolute atomic E-state index is 0.111. The van der Waals surface area contributed by atoms with Crippen molar-refractivity contribution in [3.05, 3.63) is 0 Å². The third kappa shape index (κ3) is 17.3. The van der Waals surface area contributed by atoms with Crippen LogP contribution in [-0.2, 0) is 13.9 Å². The van der Waals surface area contributed by atoms with Crippen LogP contribution in [0.4, 0.5) is 0 Å². The fraction of sp³-hybridized carbons (Fsp3) is 0.944. The molecule has 0 fully saturated rings. The van der Waals surface area contributed by atoms with Crippen LogP contribution in [0.5, 0.6) is 0 Å². The zero-order valence-electron chi connectivity index (χ0n) is 16.2. The summed E-state index contributed by atoms with van der Waals surface area (Å²) in [6.45, 7) is 2.56. The Kier molecular flexibility index (Phi) is 17.0. The Morgan fingerprint density at radius 1 is 1.04 bits per heavy atom. The van der Waals surface area contributed by atoms with E-state index < -0.39 is 19.6 Å². The smallest absolute Gasteiger partial charge is 0.328 e. The molecule has 2 unspecified atom stereocenters. The van der Waals surface area contributed by atoms with Crippen LogP contribution in [0.3, 0.4) is 0 Å². The number of aliphatic carboxylic acids is 1. The quantitative estimate of drug-likeness (QED) is 0.210. The molecule has 0 saturated carbocycles. The lowest BCUT2D eigenvalue weighted by molar-refractivity contribution is -0.137. The number of carbonyl (C=O) groups is 1. The number of nitrogens with two attached hydrogens (primary N) is 1. The molecule has 4 N–H and O–H groups in total. The molecule has 0 aromatic rings. The van der Waals surface area contributed by atoms with Gasteiger partial charge in [-0.05, 0) is 18.6 Å². The molecule has 6 nitrogen and oxygen atoms in total. The van der Waals surface area contributed by atoms with E-state index in [9.17, 15) is 14.3 Å². The van der Waals surface area contributed by atoms with Gasteiger partial charge in [-0.25, -0.2) is 0 Å². The van der Waals surface area contributed by atoms with Crippen LogP contribution in [0, 0.1) is 0 Å². The van der Waals surface area contributed by atoms with Crippen molar-refractivity contribution in [1.82, 2.24) is 0 Å². The molecule has 0 aliphatic heterocycles. The van der Waals surface area contributed by atoms with Gasteiger partial charge in [0.1, 0.15) is 6.04 Å². The number of hydrogen-bond acceptors (Lipinski definition) is 5. The van der Waals surface area contributed by atoms with Crippen molar-refractivity contribution >= 4 is 25.3 Å². The molecule has 0 aliphatic carbocycles. The topological polar surface area (TPSA) is 110 Å². The molecule has 0 radical (unpaired) electrons. The highest BCUT2D eigenvalue weighted by Gasteiger charge is 2.18. The van der Waals surface area contributed by atoms with E-state index in [0.29, 0.717) is 24.5 Å². The third-order valence-corrected chi connectivity index (χ3v) is 6.77. The molecular formula is C18H38NO5PS. The van der Waals surface area contributed by atoms with Crippen molar-refractivity contribution < 1.29 is 23.9 Å². The second-order valence-corrected chi connectivity index (χ2v) is 9.88. The first-order valence-electron chi connectivity index (χ1n) is 9.91. The number of thioether (sulfide) groups is 1. The number of carboxylic acids is 1. The van der Waals surface area contributed by atoms with Gasteiger partial charge in [-0.15, -0.1) is 0 Å². The summed E-state index contributed by atoms with van der Waals surface area (Å²) in [6, 6.07) is -0.881. The summed E-state index contributed by atoms with van der Waals surface area (Å²) in [5.41, 5.74) is 5.39. The predicted octanol–water partition coefficient (Wildman–Crippen LogP) is 4.64. The molecule has 0 amide bonds. The summed E-state index contributed by atoms with van der Waals surface area (Å²) < 4.78 is 17.0. The van der Waals surface area contributed by atoms with Crippen LogP contribution >= 0.6 is 19.4 Å². The van der Waals surface area contributed by atoms with E-state index in [0.717, 1.165) is 19.3 Å². The van der Waals surface area contributed by atoms with E-state index in [4.69, 9.17) is 15.4 Å². The van der Waals surface area contributed by atoms with Gasteiger partial charge in [-0.2, -0.15) is 11.8 Å². The third-order valence-electron chi connectivity index (χ3n) is 4.13.